The van der Waals surface area contributed by atoms with E-state index in [4.69, 9.17) is 0 Å². The van der Waals surface area contributed by atoms with Gasteiger partial charge in [0.15, 0.2) is 5.78 Å². The molecule has 144 valence electrons. The van der Waals surface area contributed by atoms with E-state index in [2.05, 4.69) is 42.9 Å². The van der Waals surface area contributed by atoms with E-state index in [1.54, 1.807) is 6.08 Å². The molecule has 0 bridgehead atoms. The number of fused-ring (bicyclic) bond motifs is 1. The van der Waals surface area contributed by atoms with Crippen molar-refractivity contribution in [2.24, 2.45) is 7.05 Å². The Morgan fingerprint density at radius 3 is 2.10 bits per heavy atom. The second-order valence-corrected chi connectivity index (χ2v) is 7.25. The van der Waals surface area contributed by atoms with Crippen LogP contribution in [0.15, 0.2) is 84.9 Å². The summed E-state index contributed by atoms with van der Waals surface area (Å²) in [5.41, 5.74) is 7.08. The van der Waals surface area contributed by atoms with E-state index in [1.165, 1.54) is 22.2 Å². The van der Waals surface area contributed by atoms with Crippen molar-refractivity contribution >= 4 is 28.1 Å². The number of ketones is 1. The highest BCUT2D eigenvalue weighted by Crippen LogP contribution is 2.32. The number of benzene rings is 3. The Morgan fingerprint density at radius 2 is 1.45 bits per heavy atom. The van der Waals surface area contributed by atoms with Gasteiger partial charge in [0.2, 0.25) is 0 Å². The molecule has 0 amide bonds. The van der Waals surface area contributed by atoms with E-state index in [0.717, 1.165) is 16.9 Å². The molecular weight excluding hydrogens is 356 g/mol. The summed E-state index contributed by atoms with van der Waals surface area (Å²) >= 11 is 0. The standard InChI is InChI=1S/C26H24N2O/c1-18-19(2)28(3)24-16-10-15-22(26(18)24)27-23(20-11-6-4-7-12-20)17-25(29)21-13-8-5-9-14-21/h4-17,27H,1-3H3/b23-17-. The van der Waals surface area contributed by atoms with E-state index in [9.17, 15) is 4.79 Å². The first-order valence-electron chi connectivity index (χ1n) is 9.74. The summed E-state index contributed by atoms with van der Waals surface area (Å²) in [6.07, 6.45) is 1.69. The maximum atomic E-state index is 12.9. The Hall–Kier alpha value is -3.59. The minimum absolute atomic E-state index is 0.0231. The molecule has 0 aliphatic heterocycles. The van der Waals surface area contributed by atoms with Gasteiger partial charge in [0, 0.05) is 41.2 Å². The molecule has 0 saturated heterocycles. The van der Waals surface area contributed by atoms with Crippen LogP contribution in [-0.2, 0) is 7.05 Å². The lowest BCUT2D eigenvalue weighted by Gasteiger charge is -2.13. The zero-order valence-electron chi connectivity index (χ0n) is 16.9. The highest BCUT2D eigenvalue weighted by Gasteiger charge is 2.14. The van der Waals surface area contributed by atoms with Crippen molar-refractivity contribution in [1.29, 1.82) is 0 Å². The third-order valence-corrected chi connectivity index (χ3v) is 5.51. The predicted molar refractivity (Wildman–Crippen MR) is 121 cm³/mol. The molecular formula is C26H24N2O. The number of hydrogen-bond acceptors (Lipinski definition) is 2. The van der Waals surface area contributed by atoms with Gasteiger partial charge in [0.25, 0.3) is 0 Å². The molecule has 0 aliphatic carbocycles. The van der Waals surface area contributed by atoms with Gasteiger partial charge in [-0.3, -0.25) is 4.79 Å². The number of carbonyl (C=O) groups is 1. The summed E-state index contributed by atoms with van der Waals surface area (Å²) in [5, 5.41) is 4.73. The van der Waals surface area contributed by atoms with Crippen LogP contribution in [0.3, 0.4) is 0 Å². The first kappa shape index (κ1) is 18.8. The van der Waals surface area contributed by atoms with E-state index < -0.39 is 0 Å². The molecule has 0 aliphatic rings. The number of anilines is 1. The van der Waals surface area contributed by atoms with E-state index in [0.29, 0.717) is 5.56 Å². The summed E-state index contributed by atoms with van der Waals surface area (Å²) in [5.74, 6) is -0.0231. The van der Waals surface area contributed by atoms with Crippen molar-refractivity contribution in [3.8, 4) is 0 Å². The number of nitrogens with one attached hydrogen (secondary N) is 1. The summed E-state index contributed by atoms with van der Waals surface area (Å²) in [4.78, 5) is 12.9. The number of hydrogen-bond donors (Lipinski definition) is 1. The van der Waals surface area contributed by atoms with Crippen LogP contribution in [0.4, 0.5) is 5.69 Å². The monoisotopic (exact) mass is 380 g/mol. The summed E-state index contributed by atoms with van der Waals surface area (Å²) in [7, 11) is 2.08. The first-order chi connectivity index (χ1) is 14.1. The van der Waals surface area contributed by atoms with Crippen LogP contribution in [0.25, 0.3) is 16.6 Å². The van der Waals surface area contributed by atoms with Crippen LogP contribution in [0.1, 0.15) is 27.2 Å². The smallest absolute Gasteiger partial charge is 0.187 e. The Balaban J connectivity index is 1.82. The van der Waals surface area contributed by atoms with Crippen molar-refractivity contribution < 1.29 is 4.79 Å². The molecule has 0 radical (unpaired) electrons. The molecule has 4 aromatic rings. The fourth-order valence-corrected chi connectivity index (χ4v) is 3.70. The molecule has 0 spiro atoms. The van der Waals surface area contributed by atoms with E-state index in [1.807, 2.05) is 66.7 Å². The summed E-state index contributed by atoms with van der Waals surface area (Å²) in [6, 6.07) is 25.6. The molecule has 1 heterocycles. The molecule has 1 N–H and O–H groups in total. The predicted octanol–water partition coefficient (Wildman–Crippen LogP) is 6.13. The molecule has 29 heavy (non-hydrogen) atoms. The van der Waals surface area contributed by atoms with Crippen molar-refractivity contribution in [3.63, 3.8) is 0 Å². The zero-order chi connectivity index (χ0) is 20.4. The largest absolute Gasteiger partial charge is 0.354 e. The Morgan fingerprint density at radius 1 is 0.828 bits per heavy atom. The van der Waals surface area contributed by atoms with Crippen LogP contribution in [-0.4, -0.2) is 10.4 Å². The van der Waals surface area contributed by atoms with Gasteiger partial charge in [0.1, 0.15) is 0 Å². The van der Waals surface area contributed by atoms with E-state index in [-0.39, 0.29) is 5.78 Å². The number of aryl methyl sites for hydroxylation is 2. The molecule has 0 fully saturated rings. The maximum Gasteiger partial charge on any atom is 0.187 e. The fourth-order valence-electron chi connectivity index (χ4n) is 3.70. The lowest BCUT2D eigenvalue weighted by atomic mass is 10.1. The van der Waals surface area contributed by atoms with Gasteiger partial charge in [0.05, 0.1) is 5.52 Å². The van der Waals surface area contributed by atoms with Crippen molar-refractivity contribution in [3.05, 3.63) is 107 Å². The molecule has 0 saturated carbocycles. The number of rotatable bonds is 5. The van der Waals surface area contributed by atoms with Crippen molar-refractivity contribution in [2.75, 3.05) is 5.32 Å². The number of nitrogens with zero attached hydrogens (tertiary/aromatic N) is 1. The van der Waals surface area contributed by atoms with Crippen LogP contribution < -0.4 is 5.32 Å². The molecule has 0 unspecified atom stereocenters. The summed E-state index contributed by atoms with van der Waals surface area (Å²) < 4.78 is 2.21. The molecule has 3 aromatic carbocycles. The molecule has 1 aromatic heterocycles. The minimum atomic E-state index is -0.0231. The number of carbonyl (C=O) groups excluding carboxylic acids is 1. The van der Waals surface area contributed by atoms with Gasteiger partial charge in [-0.15, -0.1) is 0 Å². The average molecular weight is 380 g/mol. The van der Waals surface area contributed by atoms with Crippen LogP contribution in [0.2, 0.25) is 0 Å². The average Bonchev–Trinajstić information content (AvgIpc) is 2.99. The Kier molecular flexibility index (Phi) is 5.05. The number of allylic oxidation sites excluding steroid dienone is 1. The molecule has 3 nitrogen and oxygen atoms in total. The second-order valence-electron chi connectivity index (χ2n) is 7.25. The SMILES string of the molecule is Cc1c(C)n(C)c2cccc(N/C(=C\C(=O)c3ccccc3)c3ccccc3)c12. The van der Waals surface area contributed by atoms with Gasteiger partial charge >= 0.3 is 0 Å². The topological polar surface area (TPSA) is 34.0 Å². The number of aromatic nitrogens is 1. The van der Waals surface area contributed by atoms with Crippen molar-refractivity contribution in [1.82, 2.24) is 4.57 Å². The molecule has 4 rings (SSSR count). The summed E-state index contributed by atoms with van der Waals surface area (Å²) in [6.45, 7) is 4.27. The lowest BCUT2D eigenvalue weighted by molar-refractivity contribution is 0.104. The van der Waals surface area contributed by atoms with Crippen molar-refractivity contribution in [2.45, 2.75) is 13.8 Å². The molecule has 0 atom stereocenters. The normalized spacial score (nSPS) is 11.6. The van der Waals surface area contributed by atoms with Gasteiger partial charge in [-0.05, 0) is 37.1 Å². The van der Waals surface area contributed by atoms with Crippen LogP contribution in [0, 0.1) is 13.8 Å². The van der Waals surface area contributed by atoms with Gasteiger partial charge in [-0.1, -0.05) is 66.7 Å². The highest BCUT2D eigenvalue weighted by atomic mass is 16.1. The molecule has 3 heteroatoms. The second kappa shape index (κ2) is 7.80. The zero-order valence-corrected chi connectivity index (χ0v) is 16.9. The van der Waals surface area contributed by atoms with Gasteiger partial charge in [-0.25, -0.2) is 0 Å². The minimum Gasteiger partial charge on any atom is -0.354 e. The van der Waals surface area contributed by atoms with Crippen LogP contribution in [0.5, 0.6) is 0 Å². The van der Waals surface area contributed by atoms with Gasteiger partial charge < -0.3 is 9.88 Å². The van der Waals surface area contributed by atoms with Crippen LogP contribution >= 0.6 is 0 Å². The first-order valence-corrected chi connectivity index (χ1v) is 9.74. The fraction of sp³-hybridized carbons (Fsp3) is 0.115. The Labute approximate surface area is 171 Å². The highest BCUT2D eigenvalue weighted by molar-refractivity contribution is 6.10. The maximum absolute atomic E-state index is 12.9. The van der Waals surface area contributed by atoms with Gasteiger partial charge in [-0.2, -0.15) is 0 Å². The Bertz CT molecular complexity index is 1200. The quantitative estimate of drug-likeness (QED) is 0.334. The lowest BCUT2D eigenvalue weighted by Crippen LogP contribution is -2.04. The third-order valence-electron chi connectivity index (χ3n) is 5.51. The third kappa shape index (κ3) is 3.59. The van der Waals surface area contributed by atoms with E-state index >= 15 is 0 Å².